The number of aromatic amines is 1. The van der Waals surface area contributed by atoms with Gasteiger partial charge >= 0.3 is 0 Å². The van der Waals surface area contributed by atoms with Crippen molar-refractivity contribution in [3.05, 3.63) is 49.9 Å². The average Bonchev–Trinajstić information content (AvgIpc) is 2.74. The van der Waals surface area contributed by atoms with E-state index in [4.69, 9.17) is 0 Å². The maximum Gasteiger partial charge on any atom is 0.283 e. The van der Waals surface area contributed by atoms with Gasteiger partial charge in [0.1, 0.15) is 0 Å². The highest BCUT2D eigenvalue weighted by atomic mass is 16.1. The highest BCUT2D eigenvalue weighted by Gasteiger charge is 2.17. The van der Waals surface area contributed by atoms with Gasteiger partial charge in [-0.2, -0.15) is 4.68 Å². The van der Waals surface area contributed by atoms with Crippen molar-refractivity contribution < 1.29 is 0 Å². The van der Waals surface area contributed by atoms with Crippen molar-refractivity contribution in [2.75, 3.05) is 0 Å². The van der Waals surface area contributed by atoms with E-state index in [-0.39, 0.29) is 23.1 Å². The van der Waals surface area contributed by atoms with Gasteiger partial charge in [0.05, 0.1) is 10.9 Å². The van der Waals surface area contributed by atoms with Crippen LogP contribution >= 0.6 is 0 Å². The highest BCUT2D eigenvalue weighted by Crippen LogP contribution is 2.15. The van der Waals surface area contributed by atoms with Crippen molar-refractivity contribution in [3.8, 4) is 5.95 Å². The second-order valence-electron chi connectivity index (χ2n) is 6.02. The normalized spacial score (nSPS) is 11.6. The fraction of sp³-hybridized carbons (Fsp3) is 0.375. The molecule has 0 aliphatic heterocycles. The van der Waals surface area contributed by atoms with Crippen molar-refractivity contribution in [3.63, 3.8) is 0 Å². The molecule has 3 aromatic rings. The van der Waals surface area contributed by atoms with Crippen LogP contribution in [0.5, 0.6) is 0 Å². The van der Waals surface area contributed by atoms with Gasteiger partial charge in [0, 0.05) is 29.2 Å². The number of aryl methyl sites for hydroxylation is 3. The summed E-state index contributed by atoms with van der Waals surface area (Å²) < 4.78 is 2.91. The third kappa shape index (κ3) is 2.38. The molecule has 0 unspecified atom stereocenters. The number of pyridine rings is 1. The molecule has 0 saturated carbocycles. The molecule has 7 heteroatoms. The summed E-state index contributed by atoms with van der Waals surface area (Å²) in [4.78, 5) is 33.7. The first kappa shape index (κ1) is 15.2. The quantitative estimate of drug-likeness (QED) is 0.781. The Morgan fingerprint density at radius 3 is 2.22 bits per heavy atom. The Morgan fingerprint density at radius 1 is 1.04 bits per heavy atom. The van der Waals surface area contributed by atoms with Crippen LogP contribution in [0.1, 0.15) is 37.0 Å². The number of nitrogens with zero attached hydrogens (tertiary/aromatic N) is 4. The molecule has 0 aliphatic carbocycles. The number of rotatable bonds is 2. The lowest BCUT2D eigenvalue weighted by Crippen LogP contribution is -2.25. The molecular formula is C16H19N5O2. The predicted octanol–water partition coefficient (Wildman–Crippen LogP) is 1.78. The Bertz CT molecular complexity index is 1000. The second kappa shape index (κ2) is 5.19. The molecule has 0 bridgehead atoms. The number of hydrogen-bond acceptors (Lipinski definition) is 4. The van der Waals surface area contributed by atoms with Crippen LogP contribution < -0.4 is 11.1 Å². The molecule has 23 heavy (non-hydrogen) atoms. The lowest BCUT2D eigenvalue weighted by Gasteiger charge is -2.13. The van der Waals surface area contributed by atoms with E-state index >= 15 is 0 Å². The standard InChI is InChI=1S/C16H19N5O2/c1-8(2)20-11(5)14-12(7-13(20)22)19-21(15(14)23)16-17-9(3)6-10(4)18-16/h6-8,19H,1-5H3. The summed E-state index contributed by atoms with van der Waals surface area (Å²) in [6.45, 7) is 9.31. The summed E-state index contributed by atoms with van der Waals surface area (Å²) in [7, 11) is 0. The van der Waals surface area contributed by atoms with Crippen LogP contribution in [0.2, 0.25) is 0 Å². The van der Waals surface area contributed by atoms with Gasteiger partial charge in [-0.1, -0.05) is 0 Å². The first-order valence-electron chi connectivity index (χ1n) is 7.49. The molecular weight excluding hydrogens is 294 g/mol. The molecule has 0 radical (unpaired) electrons. The smallest absolute Gasteiger partial charge is 0.283 e. The lowest BCUT2D eigenvalue weighted by atomic mass is 10.2. The molecule has 0 spiro atoms. The van der Waals surface area contributed by atoms with E-state index in [9.17, 15) is 9.59 Å². The summed E-state index contributed by atoms with van der Waals surface area (Å²) in [5, 5.41) is 3.44. The molecule has 0 amide bonds. The monoisotopic (exact) mass is 313 g/mol. The molecule has 0 aliphatic rings. The molecule has 1 N–H and O–H groups in total. The second-order valence-corrected chi connectivity index (χ2v) is 6.02. The van der Waals surface area contributed by atoms with Crippen molar-refractivity contribution in [2.24, 2.45) is 0 Å². The molecule has 120 valence electrons. The van der Waals surface area contributed by atoms with E-state index in [1.807, 2.05) is 33.8 Å². The van der Waals surface area contributed by atoms with Crippen LogP contribution in [0.25, 0.3) is 16.9 Å². The topological polar surface area (TPSA) is 85.6 Å². The number of nitrogens with one attached hydrogen (secondary N) is 1. The van der Waals surface area contributed by atoms with Gasteiger partial charge in [-0.3, -0.25) is 14.7 Å². The van der Waals surface area contributed by atoms with Crippen LogP contribution in [-0.4, -0.2) is 24.3 Å². The Hall–Kier alpha value is -2.70. The third-order valence-corrected chi connectivity index (χ3v) is 3.83. The maximum absolute atomic E-state index is 12.8. The Kier molecular flexibility index (Phi) is 3.43. The van der Waals surface area contributed by atoms with Crippen LogP contribution in [-0.2, 0) is 0 Å². The summed E-state index contributed by atoms with van der Waals surface area (Å²) in [5.41, 5.74) is 2.30. The third-order valence-electron chi connectivity index (χ3n) is 3.83. The van der Waals surface area contributed by atoms with Crippen LogP contribution in [0.4, 0.5) is 0 Å². The molecule has 0 aromatic carbocycles. The lowest BCUT2D eigenvalue weighted by molar-refractivity contribution is 0.567. The molecule has 3 heterocycles. The van der Waals surface area contributed by atoms with E-state index < -0.39 is 0 Å². The van der Waals surface area contributed by atoms with Crippen LogP contribution in [0.15, 0.2) is 21.7 Å². The molecule has 0 saturated heterocycles. The van der Waals surface area contributed by atoms with Crippen molar-refractivity contribution in [1.29, 1.82) is 0 Å². The fourth-order valence-corrected chi connectivity index (χ4v) is 2.98. The summed E-state index contributed by atoms with van der Waals surface area (Å²) in [6, 6.07) is 3.26. The minimum atomic E-state index is -0.253. The molecule has 3 aromatic heterocycles. The van der Waals surface area contributed by atoms with Gasteiger partial charge in [-0.15, -0.1) is 0 Å². The Morgan fingerprint density at radius 2 is 1.65 bits per heavy atom. The first-order chi connectivity index (χ1) is 10.8. The van der Waals surface area contributed by atoms with Gasteiger partial charge in [0.25, 0.3) is 17.1 Å². The minimum Gasteiger partial charge on any atom is -0.309 e. The highest BCUT2D eigenvalue weighted by molar-refractivity contribution is 5.80. The Labute approximate surface area is 132 Å². The minimum absolute atomic E-state index is 0.0212. The zero-order valence-corrected chi connectivity index (χ0v) is 13.8. The molecule has 7 nitrogen and oxygen atoms in total. The zero-order valence-electron chi connectivity index (χ0n) is 13.8. The van der Waals surface area contributed by atoms with Gasteiger partial charge in [-0.25, -0.2) is 9.97 Å². The van der Waals surface area contributed by atoms with Gasteiger partial charge in [0.2, 0.25) is 0 Å². The number of fused-ring (bicyclic) bond motifs is 1. The van der Waals surface area contributed by atoms with Crippen LogP contribution in [0, 0.1) is 20.8 Å². The SMILES string of the molecule is Cc1cc(C)nc(-n2[nH]c3cc(=O)n(C(C)C)c(C)c3c2=O)n1. The van der Waals surface area contributed by atoms with Gasteiger partial charge < -0.3 is 4.57 Å². The number of aromatic nitrogens is 5. The van der Waals surface area contributed by atoms with E-state index in [0.717, 1.165) is 11.4 Å². The first-order valence-corrected chi connectivity index (χ1v) is 7.49. The van der Waals surface area contributed by atoms with Gasteiger partial charge in [0.15, 0.2) is 0 Å². The van der Waals surface area contributed by atoms with Crippen LogP contribution in [0.3, 0.4) is 0 Å². The fourth-order valence-electron chi connectivity index (χ4n) is 2.98. The van der Waals surface area contributed by atoms with Gasteiger partial charge in [-0.05, 0) is 40.7 Å². The summed E-state index contributed by atoms with van der Waals surface area (Å²) in [6.07, 6.45) is 0. The number of hydrogen-bond donors (Lipinski definition) is 1. The molecule has 3 rings (SSSR count). The maximum atomic E-state index is 12.8. The largest absolute Gasteiger partial charge is 0.309 e. The molecule has 0 atom stereocenters. The predicted molar refractivity (Wildman–Crippen MR) is 88.3 cm³/mol. The summed E-state index contributed by atoms with van der Waals surface area (Å²) in [5.74, 6) is 0.284. The van der Waals surface area contributed by atoms with Crippen molar-refractivity contribution >= 4 is 10.9 Å². The average molecular weight is 313 g/mol. The molecule has 0 fully saturated rings. The van der Waals surface area contributed by atoms with Crippen molar-refractivity contribution in [2.45, 2.75) is 40.7 Å². The Balaban J connectivity index is 2.38. The van der Waals surface area contributed by atoms with E-state index in [0.29, 0.717) is 16.6 Å². The number of H-pyrrole nitrogens is 1. The van der Waals surface area contributed by atoms with E-state index in [1.165, 1.54) is 10.7 Å². The van der Waals surface area contributed by atoms with Crippen molar-refractivity contribution in [1.82, 2.24) is 24.3 Å². The zero-order chi connectivity index (χ0) is 16.9. The van der Waals surface area contributed by atoms with E-state index in [2.05, 4.69) is 15.1 Å². The summed E-state index contributed by atoms with van der Waals surface area (Å²) >= 11 is 0. The van der Waals surface area contributed by atoms with E-state index in [1.54, 1.807) is 11.5 Å².